The summed E-state index contributed by atoms with van der Waals surface area (Å²) in [6, 6.07) is 14.4. The Kier molecular flexibility index (Phi) is 6.48. The van der Waals surface area contributed by atoms with E-state index in [1.165, 1.54) is 32.2 Å². The highest BCUT2D eigenvalue weighted by atomic mass is 16.5. The van der Waals surface area contributed by atoms with Crippen LogP contribution in [0, 0.1) is 6.92 Å². The number of hydrogen-bond donors (Lipinski definition) is 4. The third-order valence-corrected chi connectivity index (χ3v) is 6.70. The number of aromatic carboxylic acids is 1. The van der Waals surface area contributed by atoms with Crippen molar-refractivity contribution in [3.63, 3.8) is 0 Å². The van der Waals surface area contributed by atoms with E-state index >= 15 is 0 Å². The van der Waals surface area contributed by atoms with Gasteiger partial charge in [0.25, 0.3) is 11.8 Å². The highest BCUT2D eigenvalue weighted by molar-refractivity contribution is 6.19. The Balaban J connectivity index is 1.66. The second-order valence-corrected chi connectivity index (χ2v) is 9.10. The van der Waals surface area contributed by atoms with Crippen molar-refractivity contribution >= 4 is 51.1 Å². The number of aromatic amines is 1. The molecule has 0 spiro atoms. The quantitative estimate of drug-likeness (QED) is 0.221. The molecule has 2 aromatic heterocycles. The number of methoxy groups -OCH3 is 1. The Morgan fingerprint density at radius 3 is 2.45 bits per heavy atom. The van der Waals surface area contributed by atoms with Crippen molar-refractivity contribution in [2.45, 2.75) is 13.8 Å². The zero-order valence-electron chi connectivity index (χ0n) is 21.7. The van der Waals surface area contributed by atoms with E-state index in [2.05, 4.69) is 20.5 Å². The molecule has 3 aromatic carbocycles. The van der Waals surface area contributed by atoms with Crippen LogP contribution in [-0.2, 0) is 0 Å². The Morgan fingerprint density at radius 2 is 1.77 bits per heavy atom. The van der Waals surface area contributed by atoms with Crippen LogP contribution in [0.15, 0.2) is 54.6 Å². The molecule has 5 rings (SSSR count). The maximum Gasteiger partial charge on any atom is 0.336 e. The molecule has 40 heavy (non-hydrogen) atoms. The fourth-order valence-electron chi connectivity index (χ4n) is 4.64. The number of amides is 2. The van der Waals surface area contributed by atoms with E-state index < -0.39 is 17.8 Å². The summed E-state index contributed by atoms with van der Waals surface area (Å²) < 4.78 is 5.16. The van der Waals surface area contributed by atoms with E-state index in [4.69, 9.17) is 10.5 Å². The number of primary amides is 1. The summed E-state index contributed by atoms with van der Waals surface area (Å²) in [4.78, 5) is 52.2. The van der Waals surface area contributed by atoms with E-state index in [1.807, 2.05) is 0 Å². The molecule has 0 radical (unpaired) electrons. The Labute approximate surface area is 227 Å². The van der Waals surface area contributed by atoms with Gasteiger partial charge in [0, 0.05) is 33.1 Å². The van der Waals surface area contributed by atoms with Crippen LogP contribution in [0.5, 0.6) is 5.75 Å². The first-order chi connectivity index (χ1) is 19.1. The van der Waals surface area contributed by atoms with Gasteiger partial charge in [-0.15, -0.1) is 10.2 Å². The van der Waals surface area contributed by atoms with Gasteiger partial charge >= 0.3 is 5.97 Å². The number of aromatic nitrogens is 3. The maximum atomic E-state index is 13.2. The number of fused-ring (bicyclic) bond motifs is 3. The Bertz CT molecular complexity index is 1890. The average molecular weight is 538 g/mol. The molecule has 0 aliphatic heterocycles. The number of ether oxygens (including phenoxy) is 1. The molecule has 0 bridgehead atoms. The zero-order chi connectivity index (χ0) is 28.7. The lowest BCUT2D eigenvalue weighted by Gasteiger charge is -2.14. The number of H-pyrrole nitrogens is 1. The monoisotopic (exact) mass is 537 g/mol. The molecule has 11 heteroatoms. The number of nitrogens with zero attached hydrogens (tertiary/aromatic N) is 2. The molecule has 2 amide bonds. The van der Waals surface area contributed by atoms with Gasteiger partial charge in [-0.3, -0.25) is 14.4 Å². The van der Waals surface area contributed by atoms with Crippen molar-refractivity contribution < 1.29 is 29.0 Å². The average Bonchev–Trinajstić information content (AvgIpc) is 3.32. The van der Waals surface area contributed by atoms with Crippen molar-refractivity contribution in [2.24, 2.45) is 5.73 Å². The Hall–Kier alpha value is -5.58. The molecule has 11 nitrogen and oxygen atoms in total. The maximum absolute atomic E-state index is 13.2. The highest BCUT2D eigenvalue weighted by Gasteiger charge is 2.23. The number of carbonyl (C=O) groups is 4. The number of nitrogens with two attached hydrogens (primary N) is 1. The number of ketones is 1. The number of hydrogen-bond acceptors (Lipinski definition) is 7. The summed E-state index contributed by atoms with van der Waals surface area (Å²) in [5.41, 5.74) is 8.78. The summed E-state index contributed by atoms with van der Waals surface area (Å²) >= 11 is 0. The van der Waals surface area contributed by atoms with E-state index in [9.17, 15) is 24.3 Å². The van der Waals surface area contributed by atoms with Crippen LogP contribution >= 0.6 is 0 Å². The largest absolute Gasteiger partial charge is 0.497 e. The third-order valence-electron chi connectivity index (χ3n) is 6.70. The molecule has 0 saturated heterocycles. The van der Waals surface area contributed by atoms with Gasteiger partial charge in [-0.25, -0.2) is 4.79 Å². The molecule has 0 saturated carbocycles. The first kappa shape index (κ1) is 26.0. The van der Waals surface area contributed by atoms with Crippen molar-refractivity contribution in [1.82, 2.24) is 15.2 Å². The van der Waals surface area contributed by atoms with Crippen LogP contribution in [0.2, 0.25) is 0 Å². The van der Waals surface area contributed by atoms with Gasteiger partial charge in [0.05, 0.1) is 23.8 Å². The van der Waals surface area contributed by atoms with Gasteiger partial charge in [-0.05, 0) is 49.7 Å². The number of benzene rings is 3. The third kappa shape index (κ3) is 4.39. The number of carboxylic acids is 1. The zero-order valence-corrected chi connectivity index (χ0v) is 21.7. The molecule has 0 fully saturated rings. The lowest BCUT2D eigenvalue weighted by Crippen LogP contribution is -2.17. The highest BCUT2D eigenvalue weighted by Crippen LogP contribution is 2.37. The summed E-state index contributed by atoms with van der Waals surface area (Å²) in [6.07, 6.45) is 0. The van der Waals surface area contributed by atoms with E-state index in [0.717, 1.165) is 0 Å². The number of Topliss-reactive ketones (excluding diaryl/α,β-unsaturated/α-hetero) is 1. The first-order valence-electron chi connectivity index (χ1n) is 12.1. The predicted molar refractivity (Wildman–Crippen MR) is 148 cm³/mol. The van der Waals surface area contributed by atoms with Crippen molar-refractivity contribution in [3.8, 4) is 17.0 Å². The number of nitrogens with one attached hydrogen (secondary N) is 2. The van der Waals surface area contributed by atoms with Gasteiger partial charge in [0.2, 0.25) is 0 Å². The molecule has 0 aliphatic rings. The minimum Gasteiger partial charge on any atom is -0.497 e. The van der Waals surface area contributed by atoms with Crippen LogP contribution in [0.3, 0.4) is 0 Å². The molecule has 5 N–H and O–H groups in total. The summed E-state index contributed by atoms with van der Waals surface area (Å²) in [6.45, 7) is 3.23. The normalized spacial score (nSPS) is 11.0. The fourth-order valence-corrected chi connectivity index (χ4v) is 4.64. The van der Waals surface area contributed by atoms with Crippen molar-refractivity contribution in [3.05, 3.63) is 82.5 Å². The standard InChI is InChI=1S/C29H23N5O6/c1-13-17(5-4-6-21(13)32-28(37)20-12-16(40-3)8-10-18(20)29(38)39)24-23-19-9-7-15(14(2)35)11-22(19)31-25(23)26(27(30)36)34-33-24/h4-12,31H,1-3H3,(H2,30,36)(H,32,37)(H,38,39). The number of anilines is 1. The van der Waals surface area contributed by atoms with E-state index in [0.29, 0.717) is 55.6 Å². The van der Waals surface area contributed by atoms with Crippen molar-refractivity contribution in [2.75, 3.05) is 12.4 Å². The summed E-state index contributed by atoms with van der Waals surface area (Å²) in [5, 5.41) is 22.0. The predicted octanol–water partition coefficient (Wildman–Crippen LogP) is 4.35. The topological polar surface area (TPSA) is 177 Å². The van der Waals surface area contributed by atoms with Gasteiger partial charge in [-0.2, -0.15) is 0 Å². The van der Waals surface area contributed by atoms with E-state index in [1.54, 1.807) is 43.3 Å². The summed E-state index contributed by atoms with van der Waals surface area (Å²) in [5.74, 6) is -2.44. The first-order valence-corrected chi connectivity index (χ1v) is 12.1. The van der Waals surface area contributed by atoms with Crippen molar-refractivity contribution in [1.29, 1.82) is 0 Å². The molecule has 200 valence electrons. The number of carboxylic acid groups (broad SMARTS) is 1. The Morgan fingerprint density at radius 1 is 1.00 bits per heavy atom. The molecule has 2 heterocycles. The fraction of sp³-hybridized carbons (Fsp3) is 0.103. The van der Waals surface area contributed by atoms with Crippen LogP contribution in [0.25, 0.3) is 33.1 Å². The summed E-state index contributed by atoms with van der Waals surface area (Å²) in [7, 11) is 1.42. The second-order valence-electron chi connectivity index (χ2n) is 9.10. The van der Waals surface area contributed by atoms with Crippen LogP contribution in [0.4, 0.5) is 5.69 Å². The lowest BCUT2D eigenvalue weighted by molar-refractivity contribution is 0.0692. The van der Waals surface area contributed by atoms with Crippen LogP contribution in [0.1, 0.15) is 54.0 Å². The molecular weight excluding hydrogens is 514 g/mol. The van der Waals surface area contributed by atoms with Gasteiger partial charge in [0.15, 0.2) is 11.5 Å². The molecule has 5 aromatic rings. The van der Waals surface area contributed by atoms with E-state index in [-0.39, 0.29) is 22.6 Å². The van der Waals surface area contributed by atoms with Crippen LogP contribution < -0.4 is 15.8 Å². The smallest absolute Gasteiger partial charge is 0.336 e. The molecule has 0 unspecified atom stereocenters. The van der Waals surface area contributed by atoms with Crippen LogP contribution in [-0.4, -0.2) is 51.0 Å². The van der Waals surface area contributed by atoms with Gasteiger partial charge < -0.3 is 25.9 Å². The minimum atomic E-state index is -1.25. The number of carbonyl (C=O) groups excluding carboxylic acids is 3. The minimum absolute atomic E-state index is 0.0549. The number of rotatable bonds is 7. The SMILES string of the molecule is COc1ccc(C(=O)O)c(C(=O)Nc2cccc(-c3nnc(C(N)=O)c4[nH]c5cc(C(C)=O)ccc5c34)c2C)c1. The molecule has 0 aliphatic carbocycles. The molecule has 0 atom stereocenters. The second kappa shape index (κ2) is 9.95. The van der Waals surface area contributed by atoms with Gasteiger partial charge in [-0.1, -0.05) is 24.3 Å². The lowest BCUT2D eigenvalue weighted by atomic mass is 9.98. The van der Waals surface area contributed by atoms with Gasteiger partial charge in [0.1, 0.15) is 11.4 Å². The molecular formula is C29H23N5O6.